The number of rotatable bonds is 5. The van der Waals surface area contributed by atoms with Gasteiger partial charge in [0, 0.05) is 18.1 Å². The quantitative estimate of drug-likeness (QED) is 0.613. The van der Waals surface area contributed by atoms with Gasteiger partial charge in [0.2, 0.25) is 0 Å². The topological polar surface area (TPSA) is 88.8 Å². The summed E-state index contributed by atoms with van der Waals surface area (Å²) in [6.45, 7) is 3.76. The number of carbonyl (C=O) groups is 1. The minimum Gasteiger partial charge on any atom is -0.334 e. The van der Waals surface area contributed by atoms with Crippen LogP contribution in [-0.2, 0) is 11.0 Å². The van der Waals surface area contributed by atoms with Gasteiger partial charge in [-0.25, -0.2) is 0 Å². The molecule has 1 saturated carbocycles. The average molecular weight is 374 g/mol. The van der Waals surface area contributed by atoms with Gasteiger partial charge in [0.25, 0.3) is 11.6 Å². The number of nitrogens with two attached hydrogens (primary N) is 1. The van der Waals surface area contributed by atoms with Gasteiger partial charge in [0.15, 0.2) is 6.04 Å². The molecule has 9 heteroatoms. The van der Waals surface area contributed by atoms with Crippen molar-refractivity contribution in [1.29, 1.82) is 0 Å². The molecule has 0 radical (unpaired) electrons. The fourth-order valence-electron chi connectivity index (χ4n) is 3.32. The van der Waals surface area contributed by atoms with Crippen LogP contribution in [0.25, 0.3) is 0 Å². The Morgan fingerprint density at radius 3 is 2.58 bits per heavy atom. The number of halogens is 3. The number of nitrogens with zero attached hydrogens (tertiary/aromatic N) is 1. The number of hydrogen-bond acceptors (Lipinski definition) is 3. The molecular formula is C17H23F3N3O3+. The summed E-state index contributed by atoms with van der Waals surface area (Å²) in [5.41, 5.74) is -2.37. The molecule has 1 aliphatic carbocycles. The maximum atomic E-state index is 13.2. The normalized spacial score (nSPS) is 21.9. The number of alkyl halides is 3. The van der Waals surface area contributed by atoms with Crippen molar-refractivity contribution >= 4 is 17.3 Å². The van der Waals surface area contributed by atoms with E-state index in [0.29, 0.717) is 12.0 Å². The van der Waals surface area contributed by atoms with Crippen LogP contribution in [0, 0.1) is 16.0 Å². The lowest BCUT2D eigenvalue weighted by Gasteiger charge is -2.28. The first kappa shape index (κ1) is 20.2. The minimum atomic E-state index is -4.81. The molecule has 0 unspecified atom stereocenters. The Morgan fingerprint density at radius 1 is 1.35 bits per heavy atom. The highest BCUT2D eigenvalue weighted by atomic mass is 19.4. The zero-order valence-electron chi connectivity index (χ0n) is 14.7. The Bertz CT molecular complexity index is 679. The van der Waals surface area contributed by atoms with Crippen molar-refractivity contribution in [2.24, 2.45) is 5.92 Å². The molecule has 1 aromatic rings. The Morgan fingerprint density at radius 2 is 2.00 bits per heavy atom. The van der Waals surface area contributed by atoms with E-state index < -0.39 is 40.0 Å². The molecule has 26 heavy (non-hydrogen) atoms. The summed E-state index contributed by atoms with van der Waals surface area (Å²) in [6, 6.07) is 2.02. The van der Waals surface area contributed by atoms with Crippen LogP contribution in [0.15, 0.2) is 18.2 Å². The van der Waals surface area contributed by atoms with E-state index in [9.17, 15) is 28.1 Å². The number of nitro benzene ring substituents is 1. The van der Waals surface area contributed by atoms with Gasteiger partial charge in [-0.15, -0.1) is 0 Å². The number of non-ortho nitro benzene ring substituents is 1. The summed E-state index contributed by atoms with van der Waals surface area (Å²) in [6.07, 6.45) is -0.510. The van der Waals surface area contributed by atoms with E-state index in [4.69, 9.17) is 0 Å². The van der Waals surface area contributed by atoms with Gasteiger partial charge in [-0.3, -0.25) is 14.9 Å². The van der Waals surface area contributed by atoms with Crippen molar-refractivity contribution in [2.45, 2.75) is 57.8 Å². The molecule has 0 bridgehead atoms. The van der Waals surface area contributed by atoms with Gasteiger partial charge in [-0.1, -0.05) is 13.3 Å². The molecule has 1 fully saturated rings. The molecular weight excluding hydrogens is 351 g/mol. The molecule has 6 nitrogen and oxygen atoms in total. The molecule has 144 valence electrons. The number of quaternary nitrogens is 1. The van der Waals surface area contributed by atoms with Crippen LogP contribution in [0.5, 0.6) is 0 Å². The standard InChI is InChI=1S/C17H22F3N3O3/c1-10-5-3-4-6-14(10)21-11(2)16(24)22-15-8-7-12(23(25)26)9-13(15)17(18,19)20/h7-11,14,21H,3-6H2,1-2H3,(H,22,24)/p+1/t10-,11-,14-/m0/s1. The van der Waals surface area contributed by atoms with Gasteiger partial charge in [-0.2, -0.15) is 13.2 Å². The van der Waals surface area contributed by atoms with Crippen molar-refractivity contribution < 1.29 is 28.2 Å². The SMILES string of the molecule is C[C@H]([NH2+][C@H]1CCCC[C@@H]1C)C(=O)Nc1ccc([N+](=O)[O-])cc1C(F)(F)F. The van der Waals surface area contributed by atoms with Crippen LogP contribution in [0.2, 0.25) is 0 Å². The summed E-state index contributed by atoms with van der Waals surface area (Å²) in [7, 11) is 0. The second-order valence-corrected chi connectivity index (χ2v) is 6.88. The summed E-state index contributed by atoms with van der Waals surface area (Å²) >= 11 is 0. The Hall–Kier alpha value is -2.16. The van der Waals surface area contributed by atoms with Gasteiger partial charge in [-0.05, 0) is 32.3 Å². The molecule has 1 amide bonds. The number of hydrogen-bond donors (Lipinski definition) is 2. The molecule has 3 atom stereocenters. The molecule has 0 saturated heterocycles. The molecule has 1 aliphatic rings. The second-order valence-electron chi connectivity index (χ2n) is 6.88. The van der Waals surface area contributed by atoms with Gasteiger partial charge in [0.1, 0.15) is 0 Å². The predicted octanol–water partition coefficient (Wildman–Crippen LogP) is 3.08. The van der Waals surface area contributed by atoms with E-state index in [1.807, 2.05) is 5.32 Å². The molecule has 0 heterocycles. The first-order chi connectivity index (χ1) is 12.1. The average Bonchev–Trinajstić information content (AvgIpc) is 2.56. The highest BCUT2D eigenvalue weighted by Gasteiger charge is 2.36. The maximum absolute atomic E-state index is 13.2. The maximum Gasteiger partial charge on any atom is 0.418 e. The lowest BCUT2D eigenvalue weighted by Crippen LogP contribution is -2.97. The fourth-order valence-corrected chi connectivity index (χ4v) is 3.32. The Labute approximate surface area is 149 Å². The molecule has 0 aromatic heterocycles. The largest absolute Gasteiger partial charge is 0.418 e. The van der Waals surface area contributed by atoms with E-state index in [1.54, 1.807) is 6.92 Å². The van der Waals surface area contributed by atoms with Gasteiger partial charge < -0.3 is 10.6 Å². The zero-order valence-corrected chi connectivity index (χ0v) is 14.7. The van der Waals surface area contributed by atoms with E-state index >= 15 is 0 Å². The number of nitro groups is 1. The van der Waals surface area contributed by atoms with E-state index in [0.717, 1.165) is 37.8 Å². The third kappa shape index (κ3) is 4.94. The zero-order chi connectivity index (χ0) is 19.5. The van der Waals surface area contributed by atoms with Crippen LogP contribution in [0.1, 0.15) is 45.1 Å². The summed E-state index contributed by atoms with van der Waals surface area (Å²) in [5.74, 6) is -0.105. The monoisotopic (exact) mass is 374 g/mol. The number of anilines is 1. The molecule has 0 spiro atoms. The van der Waals surface area contributed by atoms with Crippen molar-refractivity contribution in [1.82, 2.24) is 0 Å². The lowest BCUT2D eigenvalue weighted by atomic mass is 9.85. The highest BCUT2D eigenvalue weighted by molar-refractivity contribution is 5.94. The number of amides is 1. The number of carbonyl (C=O) groups excluding carboxylic acids is 1. The van der Waals surface area contributed by atoms with Crippen molar-refractivity contribution in [2.75, 3.05) is 5.32 Å². The Balaban J connectivity index is 2.13. The minimum absolute atomic E-state index is 0.267. The summed E-state index contributed by atoms with van der Waals surface area (Å²) in [5, 5.41) is 14.9. The third-order valence-electron chi connectivity index (χ3n) is 4.90. The first-order valence-electron chi connectivity index (χ1n) is 8.61. The van der Waals surface area contributed by atoms with Crippen molar-refractivity contribution in [3.63, 3.8) is 0 Å². The molecule has 0 aliphatic heterocycles. The smallest absolute Gasteiger partial charge is 0.334 e. The molecule has 2 rings (SSSR count). The van der Waals surface area contributed by atoms with Gasteiger partial charge >= 0.3 is 6.18 Å². The van der Waals surface area contributed by atoms with Crippen LogP contribution >= 0.6 is 0 Å². The number of nitrogens with one attached hydrogen (secondary N) is 1. The van der Waals surface area contributed by atoms with Crippen LogP contribution in [0.4, 0.5) is 24.5 Å². The number of benzene rings is 1. The first-order valence-corrected chi connectivity index (χ1v) is 8.61. The lowest BCUT2D eigenvalue weighted by molar-refractivity contribution is -0.714. The summed E-state index contributed by atoms with van der Waals surface area (Å²) < 4.78 is 39.6. The van der Waals surface area contributed by atoms with Crippen LogP contribution < -0.4 is 10.6 Å². The molecule has 3 N–H and O–H groups in total. The second kappa shape index (κ2) is 8.03. The Kier molecular flexibility index (Phi) is 6.22. The van der Waals surface area contributed by atoms with Crippen LogP contribution in [-0.4, -0.2) is 22.9 Å². The summed E-state index contributed by atoms with van der Waals surface area (Å²) in [4.78, 5) is 22.2. The van der Waals surface area contributed by atoms with Gasteiger partial charge in [0.05, 0.1) is 22.2 Å². The molecule has 1 aromatic carbocycles. The predicted molar refractivity (Wildman–Crippen MR) is 89.5 cm³/mol. The van der Waals surface area contributed by atoms with Crippen molar-refractivity contribution in [3.8, 4) is 0 Å². The van der Waals surface area contributed by atoms with Crippen molar-refractivity contribution in [3.05, 3.63) is 33.9 Å². The third-order valence-corrected chi connectivity index (χ3v) is 4.90. The van der Waals surface area contributed by atoms with E-state index in [2.05, 4.69) is 12.2 Å². The highest BCUT2D eigenvalue weighted by Crippen LogP contribution is 2.37. The van der Waals surface area contributed by atoms with E-state index in [1.165, 1.54) is 0 Å². The van der Waals surface area contributed by atoms with E-state index in [-0.39, 0.29) is 6.04 Å². The van der Waals surface area contributed by atoms with Crippen LogP contribution in [0.3, 0.4) is 0 Å². The fraction of sp³-hybridized carbons (Fsp3) is 0.588.